The van der Waals surface area contributed by atoms with Gasteiger partial charge >= 0.3 is 0 Å². The summed E-state index contributed by atoms with van der Waals surface area (Å²) in [5, 5.41) is 11.3. The van der Waals surface area contributed by atoms with Crippen molar-refractivity contribution in [3.05, 3.63) is 65.2 Å². The number of hydrogen-bond donors (Lipinski definition) is 2. The molecule has 2 aliphatic carbocycles. The SMILES string of the molecule is CCCC1(c2cccc(NS(=O)(=O)CCOC)c2)C2CN(CC3(O)Cc4ccccc4C3)CC21. The molecule has 0 spiro atoms. The first kappa shape index (κ1) is 23.8. The lowest BCUT2D eigenvalue weighted by molar-refractivity contribution is 0.0138. The van der Waals surface area contributed by atoms with Gasteiger partial charge in [0.05, 0.1) is 18.0 Å². The number of rotatable bonds is 10. The zero-order valence-electron chi connectivity index (χ0n) is 20.2. The van der Waals surface area contributed by atoms with E-state index < -0.39 is 15.6 Å². The summed E-state index contributed by atoms with van der Waals surface area (Å²) in [6, 6.07) is 16.4. The Kier molecular flexibility index (Phi) is 6.25. The first-order valence-electron chi connectivity index (χ1n) is 12.4. The molecule has 2 aromatic rings. The van der Waals surface area contributed by atoms with Gasteiger partial charge in [0.15, 0.2) is 0 Å². The first-order chi connectivity index (χ1) is 16.3. The first-order valence-corrected chi connectivity index (χ1v) is 14.1. The molecule has 2 aromatic carbocycles. The Labute approximate surface area is 203 Å². The Bertz CT molecular complexity index is 1110. The molecule has 0 aromatic heterocycles. The Morgan fingerprint density at radius 3 is 2.38 bits per heavy atom. The maximum Gasteiger partial charge on any atom is 0.234 e. The van der Waals surface area contributed by atoms with E-state index in [9.17, 15) is 13.5 Å². The van der Waals surface area contributed by atoms with Crippen LogP contribution in [0.4, 0.5) is 5.69 Å². The normalized spacial score (nSPS) is 27.4. The standard InChI is InChI=1S/C27H36N2O4S/c1-3-11-27(22-9-6-10-23(14-22)28-34(31,32)13-12-33-2)24-17-29(18-25(24)27)19-26(30)15-20-7-4-5-8-21(20)16-26/h4-10,14,24-25,28,30H,3,11-13,15-19H2,1-2H3. The highest BCUT2D eigenvalue weighted by Crippen LogP contribution is 2.66. The Balaban J connectivity index is 1.27. The van der Waals surface area contributed by atoms with E-state index in [0.29, 0.717) is 17.5 Å². The van der Waals surface area contributed by atoms with Gasteiger partial charge in [-0.25, -0.2) is 8.42 Å². The van der Waals surface area contributed by atoms with Crippen molar-refractivity contribution >= 4 is 15.7 Å². The minimum atomic E-state index is -3.43. The molecule has 2 atom stereocenters. The lowest BCUT2D eigenvalue weighted by Gasteiger charge is -2.32. The molecule has 1 saturated heterocycles. The van der Waals surface area contributed by atoms with Crippen molar-refractivity contribution in [1.29, 1.82) is 0 Å². The number of fused-ring (bicyclic) bond motifs is 2. The fourth-order valence-corrected chi connectivity index (χ4v) is 7.77. The predicted molar refractivity (Wildman–Crippen MR) is 135 cm³/mol. The van der Waals surface area contributed by atoms with Crippen LogP contribution in [-0.4, -0.2) is 63.1 Å². The molecular formula is C27H36N2O4S. The molecule has 184 valence electrons. The third kappa shape index (κ3) is 4.39. The average Bonchev–Trinajstić information content (AvgIpc) is 3.08. The highest BCUT2D eigenvalue weighted by Gasteiger charge is 2.68. The molecular weight excluding hydrogens is 448 g/mol. The third-order valence-electron chi connectivity index (χ3n) is 8.18. The van der Waals surface area contributed by atoms with Crippen molar-refractivity contribution in [2.45, 2.75) is 43.6 Å². The summed E-state index contributed by atoms with van der Waals surface area (Å²) in [4.78, 5) is 2.45. The number of benzene rings is 2. The number of ether oxygens (including phenoxy) is 1. The van der Waals surface area contributed by atoms with Gasteiger partial charge in [0.2, 0.25) is 10.0 Å². The van der Waals surface area contributed by atoms with E-state index in [-0.39, 0.29) is 17.8 Å². The molecule has 2 fully saturated rings. The van der Waals surface area contributed by atoms with Crippen LogP contribution in [0.5, 0.6) is 0 Å². The molecule has 6 nitrogen and oxygen atoms in total. The van der Waals surface area contributed by atoms with Gasteiger partial charge in [0, 0.05) is 50.7 Å². The zero-order chi connectivity index (χ0) is 24.0. The van der Waals surface area contributed by atoms with E-state index in [1.54, 1.807) is 0 Å². The van der Waals surface area contributed by atoms with Crippen LogP contribution in [0.2, 0.25) is 0 Å². The quantitative estimate of drug-likeness (QED) is 0.542. The highest BCUT2D eigenvalue weighted by molar-refractivity contribution is 7.92. The summed E-state index contributed by atoms with van der Waals surface area (Å²) in [5.74, 6) is 1.06. The molecule has 2 unspecified atom stereocenters. The summed E-state index contributed by atoms with van der Waals surface area (Å²) >= 11 is 0. The predicted octanol–water partition coefficient (Wildman–Crippen LogP) is 3.20. The molecule has 0 amide bonds. The number of likely N-dealkylation sites (tertiary alicyclic amines) is 1. The molecule has 1 saturated carbocycles. The minimum Gasteiger partial charge on any atom is -0.388 e. The van der Waals surface area contributed by atoms with E-state index in [4.69, 9.17) is 4.74 Å². The number of nitrogens with one attached hydrogen (secondary N) is 1. The van der Waals surface area contributed by atoms with Crippen LogP contribution in [0.15, 0.2) is 48.5 Å². The van der Waals surface area contributed by atoms with Crippen LogP contribution in [-0.2, 0) is 33.0 Å². The van der Waals surface area contributed by atoms with E-state index in [2.05, 4.69) is 46.9 Å². The summed E-state index contributed by atoms with van der Waals surface area (Å²) < 4.78 is 32.4. The summed E-state index contributed by atoms with van der Waals surface area (Å²) in [6.45, 7) is 5.10. The highest BCUT2D eigenvalue weighted by atomic mass is 32.2. The van der Waals surface area contributed by atoms with Gasteiger partial charge in [-0.15, -0.1) is 0 Å². The summed E-state index contributed by atoms with van der Waals surface area (Å²) in [5.41, 5.74) is 3.86. The van der Waals surface area contributed by atoms with Crippen LogP contribution in [0.3, 0.4) is 0 Å². The maximum atomic E-state index is 12.4. The fourth-order valence-electron chi connectivity index (χ4n) is 6.80. The Morgan fingerprint density at radius 2 is 1.76 bits per heavy atom. The number of β-amino-alcohol motifs (C(OH)–C–C–N with tert-alkyl or cyclic N) is 1. The number of hydrogen-bond acceptors (Lipinski definition) is 5. The smallest absolute Gasteiger partial charge is 0.234 e. The number of anilines is 1. The molecule has 0 radical (unpaired) electrons. The van der Waals surface area contributed by atoms with Crippen molar-refractivity contribution in [1.82, 2.24) is 4.90 Å². The van der Waals surface area contributed by atoms with Crippen LogP contribution in [0.25, 0.3) is 0 Å². The second-order valence-electron chi connectivity index (χ2n) is 10.5. The molecule has 34 heavy (non-hydrogen) atoms. The lowest BCUT2D eigenvalue weighted by atomic mass is 9.85. The maximum absolute atomic E-state index is 12.4. The molecule has 7 heteroatoms. The second-order valence-corrected chi connectivity index (χ2v) is 12.4. The van der Waals surface area contributed by atoms with Crippen molar-refractivity contribution in [2.75, 3.05) is 43.8 Å². The summed E-state index contributed by atoms with van der Waals surface area (Å²) in [6.07, 6.45) is 3.67. The van der Waals surface area contributed by atoms with Crippen LogP contribution < -0.4 is 4.72 Å². The molecule has 1 aliphatic heterocycles. The Hall–Kier alpha value is -1.93. The van der Waals surface area contributed by atoms with Crippen LogP contribution >= 0.6 is 0 Å². The van der Waals surface area contributed by atoms with Crippen molar-refractivity contribution in [3.63, 3.8) is 0 Å². The van der Waals surface area contributed by atoms with E-state index in [1.165, 1.54) is 23.8 Å². The lowest BCUT2D eigenvalue weighted by Crippen LogP contribution is -2.45. The van der Waals surface area contributed by atoms with Crippen LogP contribution in [0.1, 0.15) is 36.5 Å². The van der Waals surface area contributed by atoms with E-state index in [1.807, 2.05) is 18.2 Å². The number of methoxy groups -OCH3 is 1. The summed E-state index contributed by atoms with van der Waals surface area (Å²) in [7, 11) is -1.93. The van der Waals surface area contributed by atoms with E-state index >= 15 is 0 Å². The molecule has 2 N–H and O–H groups in total. The topological polar surface area (TPSA) is 78.9 Å². The van der Waals surface area contributed by atoms with Gasteiger partial charge < -0.3 is 9.84 Å². The largest absolute Gasteiger partial charge is 0.388 e. The van der Waals surface area contributed by atoms with Gasteiger partial charge in [-0.1, -0.05) is 49.7 Å². The minimum absolute atomic E-state index is 0.0547. The fraction of sp³-hybridized carbons (Fsp3) is 0.556. The van der Waals surface area contributed by atoms with Crippen molar-refractivity contribution in [3.8, 4) is 0 Å². The number of sulfonamides is 1. The van der Waals surface area contributed by atoms with Crippen molar-refractivity contribution < 1.29 is 18.3 Å². The average molecular weight is 485 g/mol. The zero-order valence-corrected chi connectivity index (χ0v) is 21.0. The third-order valence-corrected chi connectivity index (χ3v) is 9.43. The molecule has 5 rings (SSSR count). The second kappa shape index (κ2) is 8.94. The van der Waals surface area contributed by atoms with Gasteiger partial charge in [-0.2, -0.15) is 0 Å². The molecule has 0 bridgehead atoms. The van der Waals surface area contributed by atoms with Gasteiger partial charge in [-0.3, -0.25) is 9.62 Å². The molecule has 3 aliphatic rings. The molecule has 1 heterocycles. The van der Waals surface area contributed by atoms with Crippen LogP contribution in [0, 0.1) is 11.8 Å². The number of nitrogens with zero attached hydrogens (tertiary/aromatic N) is 1. The van der Waals surface area contributed by atoms with Crippen molar-refractivity contribution in [2.24, 2.45) is 11.8 Å². The Morgan fingerprint density at radius 1 is 1.09 bits per heavy atom. The van der Waals surface area contributed by atoms with Gasteiger partial charge in [-0.05, 0) is 47.1 Å². The number of piperidine rings is 1. The monoisotopic (exact) mass is 484 g/mol. The number of aliphatic hydroxyl groups is 1. The van der Waals surface area contributed by atoms with E-state index in [0.717, 1.165) is 45.3 Å². The van der Waals surface area contributed by atoms with Gasteiger partial charge in [0.25, 0.3) is 0 Å². The van der Waals surface area contributed by atoms with Gasteiger partial charge in [0.1, 0.15) is 0 Å².